The highest BCUT2D eigenvalue weighted by molar-refractivity contribution is 5.94. The molecule has 4 rings (SSSR count). The second-order valence-electron chi connectivity index (χ2n) is 7.15. The lowest BCUT2D eigenvalue weighted by Crippen LogP contribution is -2.32. The third kappa shape index (κ3) is 3.40. The molecule has 2 N–H and O–H groups in total. The van der Waals surface area contributed by atoms with Crippen molar-refractivity contribution in [1.82, 2.24) is 14.7 Å². The van der Waals surface area contributed by atoms with Crippen molar-refractivity contribution < 1.29 is 4.79 Å². The van der Waals surface area contributed by atoms with Crippen LogP contribution < -0.4 is 5.73 Å². The Morgan fingerprint density at radius 2 is 1.89 bits per heavy atom. The van der Waals surface area contributed by atoms with E-state index in [-0.39, 0.29) is 11.9 Å². The van der Waals surface area contributed by atoms with Gasteiger partial charge in [0, 0.05) is 24.7 Å². The Balaban J connectivity index is 1.78. The van der Waals surface area contributed by atoms with E-state index in [0.29, 0.717) is 24.3 Å². The van der Waals surface area contributed by atoms with Crippen LogP contribution in [0.1, 0.15) is 28.0 Å². The number of nitriles is 1. The van der Waals surface area contributed by atoms with Crippen LogP contribution in [0.15, 0.2) is 54.6 Å². The van der Waals surface area contributed by atoms with E-state index in [2.05, 4.69) is 11.2 Å². The number of hydrogen-bond acceptors (Lipinski definition) is 4. The first-order valence-electron chi connectivity index (χ1n) is 9.27. The molecular weight excluding hydrogens is 350 g/mol. The van der Waals surface area contributed by atoms with Crippen molar-refractivity contribution in [1.29, 1.82) is 5.26 Å². The summed E-state index contributed by atoms with van der Waals surface area (Å²) in [6.07, 6.45) is 0.812. The number of amides is 1. The quantitative estimate of drug-likeness (QED) is 0.767. The number of benzene rings is 2. The monoisotopic (exact) mass is 371 g/mol. The van der Waals surface area contributed by atoms with Crippen LogP contribution in [0, 0.1) is 18.3 Å². The lowest BCUT2D eigenvalue weighted by Gasteiger charge is -2.13. The first-order chi connectivity index (χ1) is 13.5. The molecule has 0 bridgehead atoms. The van der Waals surface area contributed by atoms with Crippen LogP contribution in [-0.4, -0.2) is 39.7 Å². The van der Waals surface area contributed by atoms with Crippen molar-refractivity contribution in [2.45, 2.75) is 19.4 Å². The van der Waals surface area contributed by atoms with Crippen LogP contribution in [0.5, 0.6) is 0 Å². The number of likely N-dealkylation sites (tertiary alicyclic amines) is 1. The summed E-state index contributed by atoms with van der Waals surface area (Å²) in [6, 6.07) is 19.2. The molecule has 0 radical (unpaired) electrons. The summed E-state index contributed by atoms with van der Waals surface area (Å²) < 4.78 is 1.78. The third-order valence-electron chi connectivity index (χ3n) is 5.03. The van der Waals surface area contributed by atoms with Gasteiger partial charge >= 0.3 is 0 Å². The summed E-state index contributed by atoms with van der Waals surface area (Å²) in [5.74, 6) is -0.103. The number of carbonyl (C=O) groups excluding carboxylic acids is 1. The fourth-order valence-electron chi connectivity index (χ4n) is 3.42. The van der Waals surface area contributed by atoms with Crippen molar-refractivity contribution in [2.75, 3.05) is 13.1 Å². The highest BCUT2D eigenvalue weighted by atomic mass is 16.2. The third-order valence-corrected chi connectivity index (χ3v) is 5.03. The molecule has 6 heteroatoms. The lowest BCUT2D eigenvalue weighted by atomic mass is 10.1. The Bertz CT molecular complexity index is 1040. The van der Waals surface area contributed by atoms with Gasteiger partial charge in [0.1, 0.15) is 0 Å². The molecule has 1 amide bonds. The Hall–Kier alpha value is -3.43. The maximum absolute atomic E-state index is 12.9. The maximum Gasteiger partial charge on any atom is 0.274 e. The molecule has 2 heterocycles. The van der Waals surface area contributed by atoms with Gasteiger partial charge in [0.25, 0.3) is 5.91 Å². The number of nitrogens with zero attached hydrogens (tertiary/aromatic N) is 4. The Kier molecular flexibility index (Phi) is 4.68. The fraction of sp³-hybridized carbons (Fsp3) is 0.227. The van der Waals surface area contributed by atoms with E-state index in [1.165, 1.54) is 0 Å². The lowest BCUT2D eigenvalue weighted by molar-refractivity contribution is 0.0784. The molecule has 1 saturated heterocycles. The number of carbonyl (C=O) groups is 1. The van der Waals surface area contributed by atoms with Gasteiger partial charge in [0.2, 0.25) is 0 Å². The van der Waals surface area contributed by atoms with Crippen molar-refractivity contribution >= 4 is 5.91 Å². The molecule has 6 nitrogen and oxygen atoms in total. The van der Waals surface area contributed by atoms with Gasteiger partial charge in [0.15, 0.2) is 5.69 Å². The maximum atomic E-state index is 12.9. The first kappa shape index (κ1) is 18.0. The minimum absolute atomic E-state index is 0.0288. The molecule has 1 aliphatic rings. The Labute approximate surface area is 163 Å². The van der Waals surface area contributed by atoms with Crippen LogP contribution in [-0.2, 0) is 0 Å². The predicted octanol–water partition coefficient (Wildman–Crippen LogP) is 2.89. The van der Waals surface area contributed by atoms with Crippen molar-refractivity contribution in [2.24, 2.45) is 5.73 Å². The summed E-state index contributed by atoms with van der Waals surface area (Å²) >= 11 is 0. The molecule has 0 saturated carbocycles. The Morgan fingerprint density at radius 3 is 2.50 bits per heavy atom. The van der Waals surface area contributed by atoms with Crippen LogP contribution >= 0.6 is 0 Å². The molecule has 1 aromatic heterocycles. The number of hydrogen-bond donors (Lipinski definition) is 1. The van der Waals surface area contributed by atoms with E-state index in [1.54, 1.807) is 21.7 Å². The van der Waals surface area contributed by atoms with Gasteiger partial charge in [-0.1, -0.05) is 29.8 Å². The fourth-order valence-corrected chi connectivity index (χ4v) is 3.42. The van der Waals surface area contributed by atoms with Gasteiger partial charge in [-0.3, -0.25) is 4.79 Å². The van der Waals surface area contributed by atoms with Gasteiger partial charge in [-0.2, -0.15) is 10.4 Å². The molecule has 28 heavy (non-hydrogen) atoms. The second kappa shape index (κ2) is 7.29. The number of rotatable bonds is 3. The molecule has 1 fully saturated rings. The van der Waals surface area contributed by atoms with Crippen LogP contribution in [0.4, 0.5) is 0 Å². The molecule has 2 aromatic carbocycles. The van der Waals surface area contributed by atoms with Gasteiger partial charge < -0.3 is 10.6 Å². The molecule has 140 valence electrons. The molecular formula is C22H21N5O. The number of aromatic nitrogens is 2. The smallest absolute Gasteiger partial charge is 0.274 e. The summed E-state index contributed by atoms with van der Waals surface area (Å²) in [4.78, 5) is 14.7. The average Bonchev–Trinajstić information content (AvgIpc) is 3.35. The van der Waals surface area contributed by atoms with Gasteiger partial charge in [-0.15, -0.1) is 0 Å². The average molecular weight is 371 g/mol. The van der Waals surface area contributed by atoms with Gasteiger partial charge in [-0.05, 0) is 43.7 Å². The zero-order valence-corrected chi connectivity index (χ0v) is 15.7. The van der Waals surface area contributed by atoms with Gasteiger partial charge in [-0.25, -0.2) is 4.68 Å². The minimum Gasteiger partial charge on any atom is -0.336 e. The number of nitrogens with two attached hydrogens (primary N) is 1. The van der Waals surface area contributed by atoms with Crippen LogP contribution in [0.25, 0.3) is 16.9 Å². The highest BCUT2D eigenvalue weighted by Crippen LogP contribution is 2.26. The summed E-state index contributed by atoms with van der Waals surface area (Å²) in [5.41, 5.74) is 10.7. The summed E-state index contributed by atoms with van der Waals surface area (Å²) in [5, 5.41) is 13.7. The number of aryl methyl sites for hydroxylation is 1. The second-order valence-corrected chi connectivity index (χ2v) is 7.15. The molecule has 1 aliphatic heterocycles. The normalized spacial score (nSPS) is 16.2. The molecule has 3 aromatic rings. The van der Waals surface area contributed by atoms with Crippen molar-refractivity contribution in [3.8, 4) is 23.0 Å². The SMILES string of the molecule is Cc1ccc(-n2nc(C(=O)N3CCC(N)C3)cc2-c2ccc(C#N)cc2)cc1. The van der Waals surface area contributed by atoms with Crippen LogP contribution in [0.3, 0.4) is 0 Å². The minimum atomic E-state index is -0.103. The van der Waals surface area contributed by atoms with E-state index in [9.17, 15) is 4.79 Å². The topological polar surface area (TPSA) is 87.9 Å². The Morgan fingerprint density at radius 1 is 1.18 bits per heavy atom. The first-order valence-corrected chi connectivity index (χ1v) is 9.27. The zero-order valence-electron chi connectivity index (χ0n) is 15.7. The van der Waals surface area contributed by atoms with Crippen LogP contribution in [0.2, 0.25) is 0 Å². The predicted molar refractivity (Wildman–Crippen MR) is 107 cm³/mol. The summed E-state index contributed by atoms with van der Waals surface area (Å²) in [7, 11) is 0. The molecule has 0 aliphatic carbocycles. The highest BCUT2D eigenvalue weighted by Gasteiger charge is 2.27. The van der Waals surface area contributed by atoms with Crippen molar-refractivity contribution in [3.05, 3.63) is 71.4 Å². The summed E-state index contributed by atoms with van der Waals surface area (Å²) in [6.45, 7) is 3.24. The standard InChI is InChI=1S/C22H21N5O/c1-15-2-8-19(9-3-15)27-21(17-6-4-16(13-23)5-7-17)12-20(25-27)22(28)26-11-10-18(24)14-26/h2-9,12,18H,10-11,14,24H2,1H3. The largest absolute Gasteiger partial charge is 0.336 e. The molecule has 0 spiro atoms. The zero-order chi connectivity index (χ0) is 19.7. The van der Waals surface area contributed by atoms with E-state index < -0.39 is 0 Å². The van der Waals surface area contributed by atoms with Gasteiger partial charge in [0.05, 0.1) is 23.0 Å². The van der Waals surface area contributed by atoms with E-state index in [4.69, 9.17) is 11.0 Å². The van der Waals surface area contributed by atoms with Crippen molar-refractivity contribution in [3.63, 3.8) is 0 Å². The van der Waals surface area contributed by atoms with E-state index in [0.717, 1.165) is 28.9 Å². The van der Waals surface area contributed by atoms with E-state index >= 15 is 0 Å². The molecule has 1 atom stereocenters. The molecule has 1 unspecified atom stereocenters. The van der Waals surface area contributed by atoms with E-state index in [1.807, 2.05) is 49.4 Å².